The molecule has 0 spiro atoms. The number of benzene rings is 1. The molecule has 0 aliphatic carbocycles. The van der Waals surface area contributed by atoms with Crippen LogP contribution in [0.2, 0.25) is 0 Å². The number of nitrogens with one attached hydrogen (secondary N) is 2. The molecule has 0 aliphatic rings. The van der Waals surface area contributed by atoms with Crippen molar-refractivity contribution in [3.8, 4) is 11.4 Å². The van der Waals surface area contributed by atoms with Gasteiger partial charge in [0.2, 0.25) is 16.0 Å². The first-order valence-electron chi connectivity index (χ1n) is 9.53. The van der Waals surface area contributed by atoms with Crippen molar-refractivity contribution in [1.82, 2.24) is 24.2 Å². The molecule has 3 rings (SSSR count). The van der Waals surface area contributed by atoms with Gasteiger partial charge in [-0.25, -0.2) is 28.1 Å². The quantitative estimate of drug-likeness (QED) is 0.484. The summed E-state index contributed by atoms with van der Waals surface area (Å²) in [7, 11) is 1.21. The van der Waals surface area contributed by atoms with Crippen LogP contribution in [0.15, 0.2) is 47.6 Å². The highest BCUT2D eigenvalue weighted by Gasteiger charge is 2.20. The van der Waals surface area contributed by atoms with E-state index in [1.807, 2.05) is 18.5 Å². The maximum absolute atomic E-state index is 12.6. The minimum atomic E-state index is -3.72. The zero-order chi connectivity index (χ0) is 22.4. The maximum Gasteiger partial charge on any atom is 0.240 e. The van der Waals surface area contributed by atoms with E-state index in [-0.39, 0.29) is 18.1 Å². The van der Waals surface area contributed by atoms with Gasteiger partial charge in [0, 0.05) is 33.2 Å². The Labute approximate surface area is 181 Å². The van der Waals surface area contributed by atoms with Crippen molar-refractivity contribution in [2.75, 3.05) is 32.8 Å². The van der Waals surface area contributed by atoms with Crippen LogP contribution in [0.1, 0.15) is 5.82 Å². The summed E-state index contributed by atoms with van der Waals surface area (Å²) in [5, 5.41) is 3.09. The summed E-state index contributed by atoms with van der Waals surface area (Å²) in [5.74, 6) is 1.28. The van der Waals surface area contributed by atoms with Gasteiger partial charge in [0.25, 0.3) is 0 Å². The van der Waals surface area contributed by atoms with Crippen LogP contribution in [-0.2, 0) is 26.5 Å². The van der Waals surface area contributed by atoms with Gasteiger partial charge in [-0.05, 0) is 37.3 Å². The lowest BCUT2D eigenvalue weighted by Crippen LogP contribution is -2.41. The van der Waals surface area contributed by atoms with Crippen LogP contribution in [-0.4, -0.2) is 61.4 Å². The molecule has 166 valence electrons. The Hall–Kier alpha value is -2.86. The van der Waals surface area contributed by atoms with Crippen LogP contribution >= 0.6 is 0 Å². The number of rotatable bonds is 10. The molecular formula is C20H26N6O4S. The molecule has 2 N–H and O–H groups in total. The molecule has 0 unspecified atom stereocenters. The van der Waals surface area contributed by atoms with Crippen molar-refractivity contribution in [1.29, 1.82) is 0 Å². The Morgan fingerprint density at radius 2 is 1.74 bits per heavy atom. The van der Waals surface area contributed by atoms with Crippen molar-refractivity contribution in [2.24, 2.45) is 7.05 Å². The molecule has 0 radical (unpaired) electrons. The third-order valence-corrected chi connectivity index (χ3v) is 6.15. The zero-order valence-corrected chi connectivity index (χ0v) is 18.7. The Morgan fingerprint density at radius 3 is 2.32 bits per heavy atom. The van der Waals surface area contributed by atoms with Gasteiger partial charge < -0.3 is 19.4 Å². The molecule has 2 heterocycles. The van der Waals surface area contributed by atoms with Crippen molar-refractivity contribution < 1.29 is 17.9 Å². The van der Waals surface area contributed by atoms with Gasteiger partial charge in [-0.1, -0.05) is 0 Å². The maximum atomic E-state index is 12.6. The Bertz CT molecular complexity index is 1110. The van der Waals surface area contributed by atoms with Crippen LogP contribution < -0.4 is 10.0 Å². The van der Waals surface area contributed by atoms with E-state index >= 15 is 0 Å². The number of aromatic nitrogens is 4. The summed E-state index contributed by atoms with van der Waals surface area (Å²) < 4.78 is 39.8. The van der Waals surface area contributed by atoms with Gasteiger partial charge in [0.15, 0.2) is 0 Å². The number of methoxy groups -OCH3 is 2. The van der Waals surface area contributed by atoms with E-state index in [2.05, 4.69) is 25.0 Å². The molecule has 10 nitrogen and oxygen atoms in total. The lowest BCUT2D eigenvalue weighted by atomic mass is 10.3. The Balaban J connectivity index is 1.73. The zero-order valence-electron chi connectivity index (χ0n) is 17.9. The molecule has 3 aromatic rings. The average Bonchev–Trinajstić information content (AvgIpc) is 3.07. The van der Waals surface area contributed by atoms with Crippen molar-refractivity contribution in [3.63, 3.8) is 0 Å². The number of ether oxygens (including phenoxy) is 2. The van der Waals surface area contributed by atoms with Crippen LogP contribution in [0.4, 0.5) is 11.6 Å². The second-order valence-corrected chi connectivity index (χ2v) is 8.61. The molecule has 0 bridgehead atoms. The van der Waals surface area contributed by atoms with E-state index in [0.717, 1.165) is 17.2 Å². The standard InChI is InChI=1S/C20H26N6O4S/c1-14-22-11-19(26(14)2)18-9-10-21-20(24-18)23-15-5-7-17(8-6-15)31(27,28)25-16(12-29-3)13-30-4/h5-11,16,25H,12-13H2,1-4H3,(H,21,23,24). The minimum absolute atomic E-state index is 0.135. The molecule has 2 aromatic heterocycles. The second kappa shape index (κ2) is 9.96. The third kappa shape index (κ3) is 5.64. The number of hydrogen-bond donors (Lipinski definition) is 2. The van der Waals surface area contributed by atoms with Gasteiger partial charge in [0.1, 0.15) is 5.82 Å². The van der Waals surface area contributed by atoms with Crippen LogP contribution in [0.3, 0.4) is 0 Å². The van der Waals surface area contributed by atoms with Crippen molar-refractivity contribution in [3.05, 3.63) is 48.5 Å². The highest BCUT2D eigenvalue weighted by molar-refractivity contribution is 7.89. The van der Waals surface area contributed by atoms with E-state index in [9.17, 15) is 8.42 Å². The Kier molecular flexibility index (Phi) is 7.33. The molecule has 1 aromatic carbocycles. The van der Waals surface area contributed by atoms with Gasteiger partial charge >= 0.3 is 0 Å². The van der Waals surface area contributed by atoms with Gasteiger partial charge in [-0.15, -0.1) is 0 Å². The number of nitrogens with zero attached hydrogens (tertiary/aromatic N) is 4. The van der Waals surface area contributed by atoms with E-state index < -0.39 is 16.1 Å². The van der Waals surface area contributed by atoms with E-state index in [4.69, 9.17) is 9.47 Å². The number of hydrogen-bond acceptors (Lipinski definition) is 8. The fourth-order valence-corrected chi connectivity index (χ4v) is 4.16. The predicted molar refractivity (Wildman–Crippen MR) is 117 cm³/mol. The predicted octanol–water partition coefficient (Wildman–Crippen LogP) is 1.87. The second-order valence-electron chi connectivity index (χ2n) is 6.89. The van der Waals surface area contributed by atoms with Crippen LogP contribution in [0, 0.1) is 6.92 Å². The highest BCUT2D eigenvalue weighted by atomic mass is 32.2. The number of anilines is 2. The van der Waals surface area contributed by atoms with Crippen LogP contribution in [0.25, 0.3) is 11.4 Å². The number of imidazole rings is 1. The SMILES string of the molecule is COCC(COC)NS(=O)(=O)c1ccc(Nc2nccc(-c3cnc(C)n3C)n2)cc1. The fourth-order valence-electron chi connectivity index (χ4n) is 2.95. The van der Waals surface area contributed by atoms with E-state index in [1.54, 1.807) is 30.6 Å². The van der Waals surface area contributed by atoms with Gasteiger partial charge in [-0.3, -0.25) is 0 Å². The first kappa shape index (κ1) is 22.8. The Morgan fingerprint density at radius 1 is 1.06 bits per heavy atom. The first-order chi connectivity index (χ1) is 14.8. The lowest BCUT2D eigenvalue weighted by Gasteiger charge is -2.17. The largest absolute Gasteiger partial charge is 0.383 e. The molecule has 0 atom stereocenters. The number of sulfonamides is 1. The van der Waals surface area contributed by atoms with Crippen LogP contribution in [0.5, 0.6) is 0 Å². The summed E-state index contributed by atoms with van der Waals surface area (Å²) in [4.78, 5) is 13.2. The summed E-state index contributed by atoms with van der Waals surface area (Å²) in [6.07, 6.45) is 3.41. The minimum Gasteiger partial charge on any atom is -0.383 e. The molecule has 31 heavy (non-hydrogen) atoms. The first-order valence-corrected chi connectivity index (χ1v) is 11.0. The number of aryl methyl sites for hydroxylation is 1. The summed E-state index contributed by atoms with van der Waals surface area (Å²) in [6, 6.07) is 7.65. The summed E-state index contributed by atoms with van der Waals surface area (Å²) in [5.41, 5.74) is 2.26. The van der Waals surface area contributed by atoms with Gasteiger partial charge in [0.05, 0.1) is 41.7 Å². The summed E-state index contributed by atoms with van der Waals surface area (Å²) in [6.45, 7) is 2.33. The average molecular weight is 447 g/mol. The lowest BCUT2D eigenvalue weighted by molar-refractivity contribution is 0.112. The molecule has 0 saturated heterocycles. The molecule has 0 saturated carbocycles. The van der Waals surface area contributed by atoms with E-state index in [1.165, 1.54) is 26.4 Å². The topological polar surface area (TPSA) is 120 Å². The van der Waals surface area contributed by atoms with Crippen molar-refractivity contribution >= 4 is 21.7 Å². The van der Waals surface area contributed by atoms with Gasteiger partial charge in [-0.2, -0.15) is 0 Å². The molecule has 0 aliphatic heterocycles. The van der Waals surface area contributed by atoms with Crippen molar-refractivity contribution in [2.45, 2.75) is 17.9 Å². The monoisotopic (exact) mass is 446 g/mol. The highest BCUT2D eigenvalue weighted by Crippen LogP contribution is 2.21. The molecule has 0 amide bonds. The fraction of sp³-hybridized carbons (Fsp3) is 0.350. The molecule has 0 fully saturated rings. The third-order valence-electron chi connectivity index (χ3n) is 4.62. The normalized spacial score (nSPS) is 11.8. The molecular weight excluding hydrogens is 420 g/mol. The molecule has 11 heteroatoms. The summed E-state index contributed by atoms with van der Waals surface area (Å²) >= 11 is 0. The van der Waals surface area contributed by atoms with E-state index in [0.29, 0.717) is 11.6 Å². The smallest absolute Gasteiger partial charge is 0.240 e.